The maximum Gasteiger partial charge on any atom is 0.387 e. The Morgan fingerprint density at radius 1 is 1.29 bits per heavy atom. The summed E-state index contributed by atoms with van der Waals surface area (Å²) in [5.41, 5.74) is 0.286. The van der Waals surface area contributed by atoms with Crippen molar-refractivity contribution in [3.05, 3.63) is 29.8 Å². The zero-order valence-electron chi connectivity index (χ0n) is 11.3. The van der Waals surface area contributed by atoms with E-state index in [1.54, 1.807) is 0 Å². The average molecular weight is 298 g/mol. The van der Waals surface area contributed by atoms with Crippen molar-refractivity contribution in [3.63, 3.8) is 0 Å². The summed E-state index contributed by atoms with van der Waals surface area (Å²) in [7, 11) is 0. The highest BCUT2D eigenvalue weighted by molar-refractivity contribution is 5.97. The summed E-state index contributed by atoms with van der Waals surface area (Å²) in [4.78, 5) is 23.8. The van der Waals surface area contributed by atoms with Gasteiger partial charge in [-0.3, -0.25) is 9.59 Å². The van der Waals surface area contributed by atoms with Gasteiger partial charge in [0.1, 0.15) is 11.8 Å². The van der Waals surface area contributed by atoms with Crippen LogP contribution in [-0.2, 0) is 4.79 Å². The summed E-state index contributed by atoms with van der Waals surface area (Å²) in [5.74, 6) is -0.632. The Hall–Kier alpha value is -2.18. The molecule has 1 aromatic rings. The molecule has 0 bridgehead atoms. The van der Waals surface area contributed by atoms with Crippen LogP contribution in [0.5, 0.6) is 5.75 Å². The topological polar surface area (TPSA) is 67.4 Å². The van der Waals surface area contributed by atoms with Gasteiger partial charge in [-0.15, -0.1) is 0 Å². The van der Waals surface area contributed by atoms with Crippen LogP contribution in [0.15, 0.2) is 24.3 Å². The normalized spacial score (nSPS) is 18.8. The monoisotopic (exact) mass is 298 g/mol. The molecule has 0 saturated carbocycles. The smallest absolute Gasteiger partial charge is 0.387 e. The summed E-state index contributed by atoms with van der Waals surface area (Å²) in [5, 5.41) is 5.37. The number of amides is 2. The first-order valence-corrected chi connectivity index (χ1v) is 6.70. The van der Waals surface area contributed by atoms with Gasteiger partial charge in [0.05, 0.1) is 0 Å². The van der Waals surface area contributed by atoms with E-state index >= 15 is 0 Å². The molecule has 2 rings (SSSR count). The first-order chi connectivity index (χ1) is 10.1. The van der Waals surface area contributed by atoms with E-state index in [-0.39, 0.29) is 17.2 Å². The first kappa shape index (κ1) is 15.2. The maximum absolute atomic E-state index is 12.0. The molecule has 21 heavy (non-hydrogen) atoms. The largest absolute Gasteiger partial charge is 0.435 e. The van der Waals surface area contributed by atoms with Gasteiger partial charge in [-0.05, 0) is 43.5 Å². The molecule has 1 aliphatic rings. The number of carbonyl (C=O) groups is 2. The Morgan fingerprint density at radius 2 is 2.00 bits per heavy atom. The molecule has 114 valence electrons. The lowest BCUT2D eigenvalue weighted by Gasteiger charge is -2.15. The standard InChI is InChI=1S/C14H16F2N2O3/c15-14(16)21-10-6-4-9(5-7-10)12(19)18-11-3-1-2-8-17-13(11)20/h4-7,11,14H,1-3,8H2,(H,17,20)(H,18,19)/t11-/m1/s1. The maximum atomic E-state index is 12.0. The number of carbonyl (C=O) groups excluding carboxylic acids is 2. The second-order valence-electron chi connectivity index (χ2n) is 4.72. The van der Waals surface area contributed by atoms with Gasteiger partial charge in [0.2, 0.25) is 5.91 Å². The van der Waals surface area contributed by atoms with Gasteiger partial charge in [-0.25, -0.2) is 0 Å². The number of hydrogen-bond acceptors (Lipinski definition) is 3. The third-order valence-electron chi connectivity index (χ3n) is 3.18. The van der Waals surface area contributed by atoms with Crippen LogP contribution < -0.4 is 15.4 Å². The summed E-state index contributed by atoms with van der Waals surface area (Å²) < 4.78 is 28.3. The van der Waals surface area contributed by atoms with E-state index in [2.05, 4.69) is 15.4 Å². The zero-order valence-corrected chi connectivity index (χ0v) is 11.3. The predicted molar refractivity (Wildman–Crippen MR) is 71.2 cm³/mol. The molecule has 1 atom stereocenters. The quantitative estimate of drug-likeness (QED) is 0.889. The predicted octanol–water partition coefficient (Wildman–Crippen LogP) is 1.69. The zero-order chi connectivity index (χ0) is 15.2. The third kappa shape index (κ3) is 4.40. The molecule has 1 fully saturated rings. The minimum atomic E-state index is -2.90. The van der Waals surface area contributed by atoms with E-state index in [4.69, 9.17) is 0 Å². The van der Waals surface area contributed by atoms with E-state index in [1.165, 1.54) is 24.3 Å². The van der Waals surface area contributed by atoms with Crippen molar-refractivity contribution in [1.82, 2.24) is 10.6 Å². The van der Waals surface area contributed by atoms with Crippen molar-refractivity contribution in [3.8, 4) is 5.75 Å². The lowest BCUT2D eigenvalue weighted by molar-refractivity contribution is -0.122. The van der Waals surface area contributed by atoms with Crippen LogP contribution in [0.1, 0.15) is 29.6 Å². The Bertz CT molecular complexity index is 505. The molecule has 1 aliphatic heterocycles. The highest BCUT2D eigenvalue weighted by atomic mass is 19.3. The van der Waals surface area contributed by atoms with Gasteiger partial charge in [0, 0.05) is 12.1 Å². The second kappa shape index (κ2) is 7.01. The van der Waals surface area contributed by atoms with Crippen molar-refractivity contribution >= 4 is 11.8 Å². The number of hydrogen-bond donors (Lipinski definition) is 2. The fourth-order valence-corrected chi connectivity index (χ4v) is 2.11. The van der Waals surface area contributed by atoms with Crippen LogP contribution in [0.4, 0.5) is 8.78 Å². The summed E-state index contributed by atoms with van der Waals surface area (Å²) in [6.45, 7) is -2.29. The van der Waals surface area contributed by atoms with Gasteiger partial charge in [0.15, 0.2) is 0 Å². The molecule has 2 amide bonds. The van der Waals surface area contributed by atoms with Gasteiger partial charge < -0.3 is 15.4 Å². The number of halogens is 2. The summed E-state index contributed by atoms with van der Waals surface area (Å²) in [6, 6.07) is 4.77. The lowest BCUT2D eigenvalue weighted by atomic mass is 10.1. The van der Waals surface area contributed by atoms with E-state index in [0.717, 1.165) is 12.8 Å². The van der Waals surface area contributed by atoms with Gasteiger partial charge in [0.25, 0.3) is 5.91 Å². The molecule has 2 N–H and O–H groups in total. The summed E-state index contributed by atoms with van der Waals surface area (Å²) in [6.07, 6.45) is 2.33. The molecule has 0 aliphatic carbocycles. The van der Waals surface area contributed by atoms with Crippen molar-refractivity contribution in [1.29, 1.82) is 0 Å². The lowest BCUT2D eigenvalue weighted by Crippen LogP contribution is -2.45. The molecular formula is C14H16F2N2O3. The number of benzene rings is 1. The highest BCUT2D eigenvalue weighted by Gasteiger charge is 2.22. The number of nitrogens with one attached hydrogen (secondary N) is 2. The second-order valence-corrected chi connectivity index (χ2v) is 4.72. The number of ether oxygens (including phenoxy) is 1. The molecular weight excluding hydrogens is 282 g/mol. The Balaban J connectivity index is 1.97. The molecule has 0 aromatic heterocycles. The van der Waals surface area contributed by atoms with Gasteiger partial charge in [-0.1, -0.05) is 0 Å². The van der Waals surface area contributed by atoms with Crippen LogP contribution in [-0.4, -0.2) is 31.0 Å². The minimum absolute atomic E-state index is 0.0197. The van der Waals surface area contributed by atoms with Crippen molar-refractivity contribution < 1.29 is 23.1 Å². The molecule has 5 nitrogen and oxygen atoms in total. The minimum Gasteiger partial charge on any atom is -0.435 e. The van der Waals surface area contributed by atoms with Gasteiger partial charge >= 0.3 is 6.61 Å². The first-order valence-electron chi connectivity index (χ1n) is 6.70. The van der Waals surface area contributed by atoms with Crippen LogP contribution in [0.3, 0.4) is 0 Å². The van der Waals surface area contributed by atoms with E-state index < -0.39 is 18.6 Å². The Morgan fingerprint density at radius 3 is 2.67 bits per heavy atom. The van der Waals surface area contributed by atoms with Crippen LogP contribution in [0.2, 0.25) is 0 Å². The fourth-order valence-electron chi connectivity index (χ4n) is 2.11. The molecule has 7 heteroatoms. The van der Waals surface area contributed by atoms with Crippen molar-refractivity contribution in [2.45, 2.75) is 31.9 Å². The van der Waals surface area contributed by atoms with Crippen LogP contribution in [0, 0.1) is 0 Å². The number of alkyl halides is 2. The van der Waals surface area contributed by atoms with Gasteiger partial charge in [-0.2, -0.15) is 8.78 Å². The van der Waals surface area contributed by atoms with Crippen molar-refractivity contribution in [2.24, 2.45) is 0 Å². The van der Waals surface area contributed by atoms with E-state index in [0.29, 0.717) is 13.0 Å². The van der Waals surface area contributed by atoms with E-state index in [9.17, 15) is 18.4 Å². The summed E-state index contributed by atoms with van der Waals surface area (Å²) >= 11 is 0. The average Bonchev–Trinajstić information content (AvgIpc) is 2.64. The molecule has 0 unspecified atom stereocenters. The fraction of sp³-hybridized carbons (Fsp3) is 0.429. The van der Waals surface area contributed by atoms with Crippen LogP contribution >= 0.6 is 0 Å². The molecule has 1 heterocycles. The molecule has 0 radical (unpaired) electrons. The molecule has 0 spiro atoms. The van der Waals surface area contributed by atoms with Crippen LogP contribution in [0.25, 0.3) is 0 Å². The number of rotatable bonds is 4. The Labute approximate surface area is 120 Å². The highest BCUT2D eigenvalue weighted by Crippen LogP contribution is 2.15. The molecule has 1 aromatic carbocycles. The Kier molecular flexibility index (Phi) is 5.08. The SMILES string of the molecule is O=C(N[C@@H]1CCCCNC1=O)c1ccc(OC(F)F)cc1. The molecule has 1 saturated heterocycles. The van der Waals surface area contributed by atoms with Crippen molar-refractivity contribution in [2.75, 3.05) is 6.54 Å². The van der Waals surface area contributed by atoms with E-state index in [1.807, 2.05) is 0 Å². The third-order valence-corrected chi connectivity index (χ3v) is 3.18.